The van der Waals surface area contributed by atoms with Crippen molar-refractivity contribution in [3.05, 3.63) is 21.3 Å². The molecule has 0 spiro atoms. The molecule has 1 aromatic heterocycles. The van der Waals surface area contributed by atoms with Crippen LogP contribution in [0.25, 0.3) is 0 Å². The molecule has 2 heterocycles. The lowest BCUT2D eigenvalue weighted by Gasteiger charge is -2.39. The van der Waals surface area contributed by atoms with Crippen LogP contribution < -0.4 is 5.32 Å². The highest BCUT2D eigenvalue weighted by molar-refractivity contribution is 7.16. The van der Waals surface area contributed by atoms with Crippen LogP contribution in [0.5, 0.6) is 0 Å². The van der Waals surface area contributed by atoms with Crippen molar-refractivity contribution in [2.45, 2.75) is 46.2 Å². The van der Waals surface area contributed by atoms with Gasteiger partial charge in [-0.3, -0.25) is 4.90 Å². The molecule has 1 N–H and O–H groups in total. The number of rotatable bonds is 9. The summed E-state index contributed by atoms with van der Waals surface area (Å²) in [5.74, 6) is 0.583. The molecule has 1 atom stereocenters. The third-order valence-electron chi connectivity index (χ3n) is 5.21. The molecule has 26 heavy (non-hydrogen) atoms. The lowest BCUT2D eigenvalue weighted by Crippen LogP contribution is -2.53. The summed E-state index contributed by atoms with van der Waals surface area (Å²) in [5, 5.41) is 3.18. The number of hydrogen-bond acceptors (Lipinski definition) is 4. The van der Waals surface area contributed by atoms with Crippen molar-refractivity contribution in [3.63, 3.8) is 0 Å². The second-order valence-corrected chi connectivity index (χ2v) is 8.50. The zero-order valence-corrected chi connectivity index (χ0v) is 17.7. The predicted molar refractivity (Wildman–Crippen MR) is 109 cm³/mol. The quantitative estimate of drug-likeness (QED) is 0.678. The molecular weight excluding hydrogens is 370 g/mol. The van der Waals surface area contributed by atoms with E-state index in [1.165, 1.54) is 11.3 Å². The number of carbonyl (C=O) groups excluding carboxylic acids is 1. The molecule has 2 rings (SSSR count). The van der Waals surface area contributed by atoms with Crippen molar-refractivity contribution >= 4 is 29.0 Å². The van der Waals surface area contributed by atoms with Crippen LogP contribution in [0.1, 0.15) is 38.5 Å². The number of carbonyl (C=O) groups is 1. The minimum Gasteiger partial charge on any atom is -0.379 e. The van der Waals surface area contributed by atoms with Gasteiger partial charge in [0, 0.05) is 37.1 Å². The monoisotopic (exact) mass is 401 g/mol. The van der Waals surface area contributed by atoms with Gasteiger partial charge in [0.1, 0.15) is 0 Å². The second-order valence-electron chi connectivity index (χ2n) is 6.70. The van der Waals surface area contributed by atoms with Gasteiger partial charge in [-0.05, 0) is 25.0 Å². The molecule has 7 heteroatoms. The maximum atomic E-state index is 12.7. The highest BCUT2D eigenvalue weighted by Gasteiger charge is 2.27. The van der Waals surface area contributed by atoms with E-state index in [9.17, 15) is 4.79 Å². The lowest BCUT2D eigenvalue weighted by molar-refractivity contribution is 0.00211. The number of hydrogen-bond donors (Lipinski definition) is 1. The smallest absolute Gasteiger partial charge is 0.317 e. The van der Waals surface area contributed by atoms with Crippen LogP contribution in [0.15, 0.2) is 12.1 Å². The molecule has 0 saturated carbocycles. The number of urea groups is 1. The van der Waals surface area contributed by atoms with Crippen molar-refractivity contribution in [2.24, 2.45) is 5.92 Å². The summed E-state index contributed by atoms with van der Waals surface area (Å²) in [5.41, 5.74) is 0. The van der Waals surface area contributed by atoms with Crippen LogP contribution in [-0.4, -0.2) is 61.3 Å². The topological polar surface area (TPSA) is 44.8 Å². The Hall–Kier alpha value is -0.820. The molecule has 2 amide bonds. The SMILES string of the molecule is CCC(CC)C(CNC(=O)N(CC)Cc1ccc(Cl)s1)N1CCOCC1. The van der Waals surface area contributed by atoms with Gasteiger partial charge < -0.3 is 15.0 Å². The van der Waals surface area contributed by atoms with E-state index in [0.717, 1.165) is 48.4 Å². The minimum atomic E-state index is 0.00115. The average molecular weight is 402 g/mol. The summed E-state index contributed by atoms with van der Waals surface area (Å²) in [7, 11) is 0. The number of ether oxygens (including phenoxy) is 1. The Balaban J connectivity index is 1.95. The summed E-state index contributed by atoms with van der Waals surface area (Å²) in [6.45, 7) is 11.9. The van der Waals surface area contributed by atoms with E-state index in [1.54, 1.807) is 0 Å². The lowest BCUT2D eigenvalue weighted by atomic mass is 9.92. The summed E-state index contributed by atoms with van der Waals surface area (Å²) in [4.78, 5) is 18.1. The van der Waals surface area contributed by atoms with Gasteiger partial charge in [-0.1, -0.05) is 38.3 Å². The number of halogens is 1. The Morgan fingerprint density at radius 3 is 2.54 bits per heavy atom. The number of nitrogens with one attached hydrogen (secondary N) is 1. The van der Waals surface area contributed by atoms with E-state index in [4.69, 9.17) is 16.3 Å². The summed E-state index contributed by atoms with van der Waals surface area (Å²) in [6, 6.07) is 4.24. The normalized spacial score (nSPS) is 16.7. The second kappa shape index (κ2) is 11.1. The average Bonchev–Trinajstić information content (AvgIpc) is 3.08. The molecule has 1 aliphatic heterocycles. The summed E-state index contributed by atoms with van der Waals surface area (Å²) >= 11 is 7.54. The first-order chi connectivity index (χ1) is 12.6. The first-order valence-corrected chi connectivity index (χ1v) is 10.9. The molecule has 0 aromatic carbocycles. The van der Waals surface area contributed by atoms with Gasteiger partial charge in [0.25, 0.3) is 0 Å². The Morgan fingerprint density at radius 2 is 2.00 bits per heavy atom. The number of thiophene rings is 1. The largest absolute Gasteiger partial charge is 0.379 e. The van der Waals surface area contributed by atoms with E-state index >= 15 is 0 Å². The highest BCUT2D eigenvalue weighted by atomic mass is 35.5. The van der Waals surface area contributed by atoms with Crippen LogP contribution in [-0.2, 0) is 11.3 Å². The molecule has 0 aliphatic carbocycles. The molecule has 148 valence electrons. The molecular formula is C19H32ClN3O2S. The molecule has 1 aliphatic rings. The molecule has 1 unspecified atom stereocenters. The standard InChI is InChI=1S/C19H32ClN3O2S/c1-4-15(5-2)17(23-9-11-25-12-10-23)13-21-19(24)22(6-3)14-16-7-8-18(20)26-16/h7-8,15,17H,4-6,9-14H2,1-3H3,(H,21,24). The van der Waals surface area contributed by atoms with Crippen molar-refractivity contribution in [3.8, 4) is 0 Å². The van der Waals surface area contributed by atoms with Gasteiger partial charge in [0.2, 0.25) is 0 Å². The zero-order valence-electron chi connectivity index (χ0n) is 16.2. The molecule has 1 saturated heterocycles. The third kappa shape index (κ3) is 6.12. The van der Waals surface area contributed by atoms with Gasteiger partial charge in [-0.2, -0.15) is 0 Å². The Bertz CT molecular complexity index is 545. The van der Waals surface area contributed by atoms with Gasteiger partial charge in [-0.25, -0.2) is 4.79 Å². The van der Waals surface area contributed by atoms with E-state index in [-0.39, 0.29) is 6.03 Å². The Kier molecular flexibility index (Phi) is 9.19. The Labute approximate surface area is 166 Å². The third-order valence-corrected chi connectivity index (χ3v) is 6.43. The minimum absolute atomic E-state index is 0.00115. The van der Waals surface area contributed by atoms with Gasteiger partial charge in [0.15, 0.2) is 0 Å². The zero-order chi connectivity index (χ0) is 18.9. The maximum Gasteiger partial charge on any atom is 0.317 e. The fourth-order valence-electron chi connectivity index (χ4n) is 3.59. The maximum absolute atomic E-state index is 12.7. The van der Waals surface area contributed by atoms with Crippen LogP contribution in [0.2, 0.25) is 4.34 Å². The number of amides is 2. The fourth-order valence-corrected chi connectivity index (χ4v) is 4.69. The van der Waals surface area contributed by atoms with Gasteiger partial charge in [0.05, 0.1) is 24.1 Å². The first-order valence-electron chi connectivity index (χ1n) is 9.67. The fraction of sp³-hybridized carbons (Fsp3) is 0.737. The number of morpholine rings is 1. The number of nitrogens with zero attached hydrogens (tertiary/aromatic N) is 2. The van der Waals surface area contributed by atoms with Crippen LogP contribution in [0.4, 0.5) is 4.79 Å². The van der Waals surface area contributed by atoms with Crippen molar-refractivity contribution in [2.75, 3.05) is 39.4 Å². The van der Waals surface area contributed by atoms with E-state index in [1.807, 2.05) is 24.0 Å². The molecule has 1 fully saturated rings. The van der Waals surface area contributed by atoms with Crippen LogP contribution in [0, 0.1) is 5.92 Å². The predicted octanol–water partition coefficient (Wildman–Crippen LogP) is 4.07. The van der Waals surface area contributed by atoms with Gasteiger partial charge in [-0.15, -0.1) is 11.3 Å². The van der Waals surface area contributed by atoms with Crippen LogP contribution in [0.3, 0.4) is 0 Å². The molecule has 5 nitrogen and oxygen atoms in total. The first kappa shape index (κ1) is 21.5. The summed E-state index contributed by atoms with van der Waals surface area (Å²) < 4.78 is 6.26. The van der Waals surface area contributed by atoms with Crippen molar-refractivity contribution in [1.82, 2.24) is 15.1 Å². The Morgan fingerprint density at radius 1 is 1.31 bits per heavy atom. The van der Waals surface area contributed by atoms with Gasteiger partial charge >= 0.3 is 6.03 Å². The van der Waals surface area contributed by atoms with Crippen molar-refractivity contribution < 1.29 is 9.53 Å². The van der Waals surface area contributed by atoms with E-state index in [0.29, 0.717) is 31.6 Å². The molecule has 0 bridgehead atoms. The molecule has 1 aromatic rings. The van der Waals surface area contributed by atoms with E-state index in [2.05, 4.69) is 24.1 Å². The van der Waals surface area contributed by atoms with Crippen LogP contribution >= 0.6 is 22.9 Å². The summed E-state index contributed by atoms with van der Waals surface area (Å²) in [6.07, 6.45) is 2.25. The van der Waals surface area contributed by atoms with E-state index < -0.39 is 0 Å². The van der Waals surface area contributed by atoms with Crippen molar-refractivity contribution in [1.29, 1.82) is 0 Å². The highest BCUT2D eigenvalue weighted by Crippen LogP contribution is 2.23. The molecule has 0 radical (unpaired) electrons.